The van der Waals surface area contributed by atoms with Crippen molar-refractivity contribution in [1.29, 1.82) is 5.26 Å². The molecule has 0 heterocycles. The summed E-state index contributed by atoms with van der Waals surface area (Å²) in [6.07, 6.45) is 10.8. The van der Waals surface area contributed by atoms with Gasteiger partial charge in [0.2, 0.25) is 0 Å². The number of carbonyl (C=O) groups excluding carboxylic acids is 2. The van der Waals surface area contributed by atoms with E-state index in [1.54, 1.807) is 0 Å². The van der Waals surface area contributed by atoms with Crippen LogP contribution in [-0.4, -0.2) is 17.2 Å². The summed E-state index contributed by atoms with van der Waals surface area (Å²) in [5.74, 6) is -0.253. The average molecular weight is 464 g/mol. The summed E-state index contributed by atoms with van der Waals surface area (Å²) < 4.78 is 16.4. The smallest absolute Gasteiger partial charge is 0.179 e. The zero-order chi connectivity index (χ0) is 24.5. The molecule has 0 aromatic rings. The molecule has 3 nitrogen and oxygen atoms in total. The predicted octanol–water partition coefficient (Wildman–Crippen LogP) is 6.68. The van der Waals surface area contributed by atoms with E-state index in [-0.39, 0.29) is 51.1 Å². The van der Waals surface area contributed by atoms with Crippen molar-refractivity contribution in [1.82, 2.24) is 0 Å². The predicted molar refractivity (Wildman–Crippen MR) is 128 cm³/mol. The van der Waals surface area contributed by atoms with Crippen molar-refractivity contribution in [3.63, 3.8) is 0 Å². The number of hydrogen-bond donors (Lipinski definition) is 0. The van der Waals surface area contributed by atoms with Gasteiger partial charge in [0.25, 0.3) is 0 Å². The number of fused-ring (bicyclic) bond motifs is 8. The van der Waals surface area contributed by atoms with E-state index in [0.717, 1.165) is 50.5 Å². The number of nitriles is 1. The van der Waals surface area contributed by atoms with Crippen LogP contribution in [-0.2, 0) is 9.59 Å². The number of Topliss-reactive ketones (excluding diaryl/α,β-unsaturated/α-hetero) is 1. The van der Waals surface area contributed by atoms with Gasteiger partial charge < -0.3 is 0 Å². The van der Waals surface area contributed by atoms with Crippen molar-refractivity contribution >= 4 is 11.6 Å². The van der Waals surface area contributed by atoms with E-state index < -0.39 is 16.5 Å². The van der Waals surface area contributed by atoms with E-state index in [2.05, 4.69) is 40.7 Å². The molecule has 0 aromatic carbocycles. The summed E-state index contributed by atoms with van der Waals surface area (Å²) in [5.41, 5.74) is -1.22. The first-order valence-electron chi connectivity index (χ1n) is 13.4. The highest BCUT2D eigenvalue weighted by Crippen LogP contribution is 2.76. The van der Waals surface area contributed by atoms with Crippen LogP contribution in [0.1, 0.15) is 92.4 Å². The molecule has 0 bridgehead atoms. The lowest BCUT2D eigenvalue weighted by molar-refractivity contribution is -0.174. The summed E-state index contributed by atoms with van der Waals surface area (Å²) in [6, 6.07) is 2.19. The van der Waals surface area contributed by atoms with Gasteiger partial charge >= 0.3 is 0 Å². The highest BCUT2D eigenvalue weighted by molar-refractivity contribution is 6.06. The number of carbonyl (C=O) groups is 2. The molecule has 0 aromatic heterocycles. The number of allylic oxidation sites excluding steroid dienone is 4. The topological polar surface area (TPSA) is 57.9 Å². The zero-order valence-electron chi connectivity index (χ0n) is 21.4. The van der Waals surface area contributed by atoms with Gasteiger partial charge in [0.1, 0.15) is 11.7 Å². The SMILES string of the molecule is CC1(C)CC[C@]2(F)CC[C@]3(C)[C@H](C(=O)C=C4[C@@]5(C)C=C(C#N)C(=O)C6(CC6)[C@@H]5CC[C@]43C)[C@@H]2C1. The van der Waals surface area contributed by atoms with Gasteiger partial charge in [-0.05, 0) is 86.0 Å². The lowest BCUT2D eigenvalue weighted by atomic mass is 9.36. The maximum Gasteiger partial charge on any atom is 0.179 e. The molecule has 1 spiro atoms. The van der Waals surface area contributed by atoms with Crippen LogP contribution in [0.5, 0.6) is 0 Å². The molecule has 4 heteroatoms. The molecule has 0 amide bonds. The Kier molecular flexibility index (Phi) is 4.22. The fourth-order valence-corrected chi connectivity index (χ4v) is 9.94. The minimum absolute atomic E-state index is 0.0252. The van der Waals surface area contributed by atoms with Gasteiger partial charge in [-0.3, -0.25) is 9.59 Å². The third-order valence-corrected chi connectivity index (χ3v) is 12.2. The molecule has 0 radical (unpaired) electrons. The van der Waals surface area contributed by atoms with Crippen molar-refractivity contribution in [2.24, 2.45) is 44.8 Å². The molecule has 0 saturated heterocycles. The van der Waals surface area contributed by atoms with Gasteiger partial charge in [-0.2, -0.15) is 5.26 Å². The molecule has 7 atom stereocenters. The first-order valence-corrected chi connectivity index (χ1v) is 13.4. The Morgan fingerprint density at radius 1 is 0.971 bits per heavy atom. The quantitative estimate of drug-likeness (QED) is 0.402. The summed E-state index contributed by atoms with van der Waals surface area (Å²) >= 11 is 0. The molecule has 4 saturated carbocycles. The first-order chi connectivity index (χ1) is 15.8. The zero-order valence-corrected chi connectivity index (χ0v) is 21.4. The lowest BCUT2D eigenvalue weighted by Crippen LogP contribution is -2.65. The van der Waals surface area contributed by atoms with Crippen molar-refractivity contribution in [3.8, 4) is 6.07 Å². The third-order valence-electron chi connectivity index (χ3n) is 12.2. The van der Waals surface area contributed by atoms with E-state index in [9.17, 15) is 14.9 Å². The minimum Gasteiger partial charge on any atom is -0.295 e. The Balaban J connectivity index is 1.52. The Hall–Kier alpha value is -1.76. The second kappa shape index (κ2) is 6.32. The van der Waals surface area contributed by atoms with Gasteiger partial charge in [-0.15, -0.1) is 0 Å². The minimum atomic E-state index is -1.23. The maximum atomic E-state index is 16.4. The number of ketones is 2. The highest BCUT2D eigenvalue weighted by atomic mass is 19.1. The van der Waals surface area contributed by atoms with Crippen LogP contribution in [0.4, 0.5) is 4.39 Å². The first kappa shape index (κ1) is 22.7. The molecule has 0 unspecified atom stereocenters. The van der Waals surface area contributed by atoms with Crippen LogP contribution >= 0.6 is 0 Å². The molecule has 6 aliphatic rings. The summed E-state index contributed by atoms with van der Waals surface area (Å²) in [6.45, 7) is 11.2. The summed E-state index contributed by atoms with van der Waals surface area (Å²) in [7, 11) is 0. The number of hydrogen-bond acceptors (Lipinski definition) is 3. The van der Waals surface area contributed by atoms with E-state index in [4.69, 9.17) is 0 Å². The Morgan fingerprint density at radius 3 is 2.29 bits per heavy atom. The molecule has 6 rings (SSSR count). The van der Waals surface area contributed by atoms with Crippen LogP contribution in [0.15, 0.2) is 23.3 Å². The Morgan fingerprint density at radius 2 is 1.65 bits per heavy atom. The van der Waals surface area contributed by atoms with Gasteiger partial charge in [0.15, 0.2) is 11.6 Å². The number of halogens is 1. The Bertz CT molecular complexity index is 1120. The largest absolute Gasteiger partial charge is 0.295 e. The van der Waals surface area contributed by atoms with Crippen molar-refractivity contribution < 1.29 is 14.0 Å². The van der Waals surface area contributed by atoms with E-state index >= 15 is 4.39 Å². The fraction of sp³-hybridized carbons (Fsp3) is 0.767. The summed E-state index contributed by atoms with van der Waals surface area (Å²) in [5, 5.41) is 9.82. The van der Waals surface area contributed by atoms with Crippen LogP contribution in [0.2, 0.25) is 0 Å². The van der Waals surface area contributed by atoms with Gasteiger partial charge in [-0.1, -0.05) is 46.3 Å². The number of alkyl halides is 1. The number of rotatable bonds is 0. The monoisotopic (exact) mass is 463 g/mol. The van der Waals surface area contributed by atoms with Gasteiger partial charge in [-0.25, -0.2) is 4.39 Å². The average Bonchev–Trinajstić information content (AvgIpc) is 3.55. The standard InChI is InChI=1S/C30H38FNO2/c1-25(2)8-12-30(31)13-9-28(5)23(19(30)16-25)20(33)14-22-26(3)15-18(17-32)24(34)29(10-11-29)21(26)6-7-27(22,28)4/h14-15,19,21,23H,6-13,16H2,1-5H3/t19-,21+,23-,26-,27+,28+,30-/m0/s1. The fourth-order valence-electron chi connectivity index (χ4n) is 9.94. The highest BCUT2D eigenvalue weighted by Gasteiger charge is 2.72. The lowest BCUT2D eigenvalue weighted by Gasteiger charge is -2.67. The maximum absolute atomic E-state index is 16.4. The summed E-state index contributed by atoms with van der Waals surface area (Å²) in [4.78, 5) is 27.2. The van der Waals surface area contributed by atoms with Crippen LogP contribution in [0.25, 0.3) is 0 Å². The van der Waals surface area contributed by atoms with Crippen LogP contribution < -0.4 is 0 Å². The van der Waals surface area contributed by atoms with E-state index in [1.165, 1.54) is 0 Å². The molecular formula is C30H38FNO2. The van der Waals surface area contributed by atoms with E-state index in [1.807, 2.05) is 12.2 Å². The van der Waals surface area contributed by atoms with E-state index in [0.29, 0.717) is 12.8 Å². The molecule has 0 N–H and O–H groups in total. The molecule has 182 valence electrons. The molecule has 6 aliphatic carbocycles. The van der Waals surface area contributed by atoms with Crippen LogP contribution in [0, 0.1) is 56.2 Å². The van der Waals surface area contributed by atoms with Crippen molar-refractivity contribution in [3.05, 3.63) is 23.3 Å². The normalized spacial score (nSPS) is 50.1. The van der Waals surface area contributed by atoms with Crippen molar-refractivity contribution in [2.45, 2.75) is 98.1 Å². The molecular weight excluding hydrogens is 425 g/mol. The Labute approximate surface area is 203 Å². The number of nitrogens with zero attached hydrogens (tertiary/aromatic N) is 1. The molecule has 34 heavy (non-hydrogen) atoms. The second-order valence-electron chi connectivity index (χ2n) is 14.2. The van der Waals surface area contributed by atoms with Gasteiger partial charge in [0.05, 0.1) is 5.57 Å². The second-order valence-corrected chi connectivity index (χ2v) is 14.2. The molecule has 0 aliphatic heterocycles. The van der Waals surface area contributed by atoms with Crippen molar-refractivity contribution in [2.75, 3.05) is 0 Å². The van der Waals surface area contributed by atoms with Crippen LogP contribution in [0.3, 0.4) is 0 Å². The third kappa shape index (κ3) is 2.47. The van der Waals surface area contributed by atoms with Gasteiger partial charge in [0, 0.05) is 22.7 Å². The molecule has 4 fully saturated rings.